The minimum Gasteiger partial charge on any atom is -0.481 e. The van der Waals surface area contributed by atoms with E-state index in [2.05, 4.69) is 10.1 Å². The second-order valence-electron chi connectivity index (χ2n) is 4.48. The summed E-state index contributed by atoms with van der Waals surface area (Å²) in [5.41, 5.74) is 0. The average molecular weight is 223 g/mol. The van der Waals surface area contributed by atoms with Crippen LogP contribution >= 0.6 is 0 Å². The van der Waals surface area contributed by atoms with Gasteiger partial charge in [-0.25, -0.2) is 9.67 Å². The highest BCUT2D eigenvalue weighted by atomic mass is 16.4. The number of hydrogen-bond donors (Lipinski definition) is 1. The molecule has 0 amide bonds. The van der Waals surface area contributed by atoms with E-state index in [-0.39, 0.29) is 0 Å². The number of aliphatic carboxylic acids is 1. The van der Waals surface area contributed by atoms with Crippen molar-refractivity contribution in [3.8, 4) is 0 Å². The Hall–Kier alpha value is -1.39. The highest BCUT2D eigenvalue weighted by Gasteiger charge is 2.22. The number of hydrogen-bond acceptors (Lipinski definition) is 3. The minimum absolute atomic E-state index is 0.304. The molecule has 5 heteroatoms. The molecule has 88 valence electrons. The van der Waals surface area contributed by atoms with Crippen LogP contribution in [0.3, 0.4) is 0 Å². The Morgan fingerprint density at radius 2 is 2.12 bits per heavy atom. The molecule has 1 N–H and O–H groups in total. The van der Waals surface area contributed by atoms with Gasteiger partial charge in [-0.15, -0.1) is 0 Å². The molecular weight excluding hydrogens is 206 g/mol. The second kappa shape index (κ2) is 5.09. The van der Waals surface area contributed by atoms with Crippen molar-refractivity contribution in [2.45, 2.75) is 44.6 Å². The van der Waals surface area contributed by atoms with Gasteiger partial charge in [-0.05, 0) is 38.0 Å². The predicted octanol–water partition coefficient (Wildman–Crippen LogP) is 1.87. The van der Waals surface area contributed by atoms with Crippen LogP contribution in [-0.4, -0.2) is 25.8 Å². The van der Waals surface area contributed by atoms with E-state index in [0.717, 1.165) is 32.1 Å². The van der Waals surface area contributed by atoms with Crippen LogP contribution in [-0.2, 0) is 4.79 Å². The third-order valence-corrected chi connectivity index (χ3v) is 3.39. The lowest BCUT2D eigenvalue weighted by molar-refractivity contribution is -0.137. The van der Waals surface area contributed by atoms with Crippen LogP contribution in [0.5, 0.6) is 0 Å². The molecule has 0 saturated heterocycles. The van der Waals surface area contributed by atoms with Crippen LogP contribution < -0.4 is 0 Å². The first-order valence-electron chi connectivity index (χ1n) is 5.81. The number of rotatable bonds is 4. The van der Waals surface area contributed by atoms with Crippen LogP contribution in [0.15, 0.2) is 12.7 Å². The summed E-state index contributed by atoms with van der Waals surface area (Å²) in [6, 6.07) is 0.462. The van der Waals surface area contributed by atoms with Gasteiger partial charge in [0.1, 0.15) is 12.7 Å². The maximum absolute atomic E-state index is 10.5. The van der Waals surface area contributed by atoms with Crippen LogP contribution in [0.1, 0.15) is 44.6 Å². The lowest BCUT2D eigenvalue weighted by atomic mass is 9.83. The molecule has 1 heterocycles. The number of carboxylic acid groups (broad SMARTS) is 1. The predicted molar refractivity (Wildman–Crippen MR) is 57.9 cm³/mol. The molecule has 1 aromatic heterocycles. The van der Waals surface area contributed by atoms with Gasteiger partial charge in [0.15, 0.2) is 0 Å². The fourth-order valence-corrected chi connectivity index (χ4v) is 2.43. The standard InChI is InChI=1S/C11H17N3O2/c15-11(16)6-3-9-1-4-10(5-2-9)14-8-12-7-13-14/h7-10H,1-6H2,(H,15,16). The largest absolute Gasteiger partial charge is 0.481 e. The van der Waals surface area contributed by atoms with Crippen LogP contribution in [0.4, 0.5) is 0 Å². The van der Waals surface area contributed by atoms with Gasteiger partial charge in [-0.3, -0.25) is 4.79 Å². The minimum atomic E-state index is -0.682. The van der Waals surface area contributed by atoms with Crippen LogP contribution in [0, 0.1) is 5.92 Å². The van der Waals surface area contributed by atoms with E-state index in [1.165, 1.54) is 0 Å². The van der Waals surface area contributed by atoms with Gasteiger partial charge in [0.2, 0.25) is 0 Å². The van der Waals surface area contributed by atoms with Gasteiger partial charge in [-0.1, -0.05) is 0 Å². The molecule has 1 aliphatic carbocycles. The summed E-state index contributed by atoms with van der Waals surface area (Å²) in [6.45, 7) is 0. The maximum atomic E-state index is 10.5. The summed E-state index contributed by atoms with van der Waals surface area (Å²) in [5, 5.41) is 12.8. The van der Waals surface area contributed by atoms with Crippen molar-refractivity contribution in [1.82, 2.24) is 14.8 Å². The Morgan fingerprint density at radius 3 is 2.69 bits per heavy atom. The van der Waals surface area contributed by atoms with Crippen molar-refractivity contribution in [3.05, 3.63) is 12.7 Å². The van der Waals surface area contributed by atoms with Crippen molar-refractivity contribution >= 4 is 5.97 Å². The summed E-state index contributed by atoms with van der Waals surface area (Å²) >= 11 is 0. The molecule has 2 rings (SSSR count). The number of aromatic nitrogens is 3. The first-order valence-corrected chi connectivity index (χ1v) is 5.81. The van der Waals surface area contributed by atoms with Crippen molar-refractivity contribution in [2.24, 2.45) is 5.92 Å². The van der Waals surface area contributed by atoms with Crippen molar-refractivity contribution in [2.75, 3.05) is 0 Å². The first kappa shape index (κ1) is 11.1. The molecule has 5 nitrogen and oxygen atoms in total. The molecule has 16 heavy (non-hydrogen) atoms. The lowest BCUT2D eigenvalue weighted by Gasteiger charge is -2.27. The quantitative estimate of drug-likeness (QED) is 0.846. The fraction of sp³-hybridized carbons (Fsp3) is 0.727. The Bertz CT molecular complexity index is 329. The zero-order chi connectivity index (χ0) is 11.4. The molecule has 0 spiro atoms. The molecule has 0 aliphatic heterocycles. The monoisotopic (exact) mass is 223 g/mol. The van der Waals surface area contributed by atoms with Gasteiger partial charge in [-0.2, -0.15) is 5.10 Å². The smallest absolute Gasteiger partial charge is 0.303 e. The highest BCUT2D eigenvalue weighted by Crippen LogP contribution is 2.33. The van der Waals surface area contributed by atoms with E-state index < -0.39 is 5.97 Å². The average Bonchev–Trinajstić information content (AvgIpc) is 2.80. The SMILES string of the molecule is O=C(O)CCC1CCC(n2cncn2)CC1. The number of carbonyl (C=O) groups is 1. The molecule has 0 bridgehead atoms. The van der Waals surface area contributed by atoms with Crippen molar-refractivity contribution < 1.29 is 9.90 Å². The van der Waals surface area contributed by atoms with Crippen LogP contribution in [0.25, 0.3) is 0 Å². The van der Waals surface area contributed by atoms with Crippen LogP contribution in [0.2, 0.25) is 0 Å². The van der Waals surface area contributed by atoms with E-state index >= 15 is 0 Å². The zero-order valence-corrected chi connectivity index (χ0v) is 9.25. The van der Waals surface area contributed by atoms with Gasteiger partial charge < -0.3 is 5.11 Å². The summed E-state index contributed by atoms with van der Waals surface area (Å²) in [6.07, 6.45) is 8.85. The molecule has 0 unspecified atom stereocenters. The maximum Gasteiger partial charge on any atom is 0.303 e. The van der Waals surface area contributed by atoms with Crippen molar-refractivity contribution in [1.29, 1.82) is 0 Å². The number of nitrogens with zero attached hydrogens (tertiary/aromatic N) is 3. The third kappa shape index (κ3) is 2.81. The Labute approximate surface area is 94.5 Å². The molecule has 0 aromatic carbocycles. The molecule has 0 atom stereocenters. The molecule has 1 fully saturated rings. The van der Waals surface area contributed by atoms with E-state index in [0.29, 0.717) is 18.4 Å². The lowest BCUT2D eigenvalue weighted by Crippen LogP contribution is -2.19. The van der Waals surface area contributed by atoms with E-state index in [1.807, 2.05) is 4.68 Å². The van der Waals surface area contributed by atoms with E-state index in [9.17, 15) is 4.79 Å². The van der Waals surface area contributed by atoms with Crippen molar-refractivity contribution in [3.63, 3.8) is 0 Å². The Kier molecular flexibility index (Phi) is 3.54. The normalized spacial score (nSPS) is 25.5. The zero-order valence-electron chi connectivity index (χ0n) is 9.25. The second-order valence-corrected chi connectivity index (χ2v) is 4.48. The Morgan fingerprint density at radius 1 is 1.38 bits per heavy atom. The summed E-state index contributed by atoms with van der Waals surface area (Å²) in [4.78, 5) is 14.4. The van der Waals surface area contributed by atoms with Gasteiger partial charge >= 0.3 is 5.97 Å². The van der Waals surface area contributed by atoms with Gasteiger partial charge in [0.25, 0.3) is 0 Å². The van der Waals surface area contributed by atoms with E-state index in [1.54, 1.807) is 12.7 Å². The summed E-state index contributed by atoms with van der Waals surface area (Å²) in [7, 11) is 0. The highest BCUT2D eigenvalue weighted by molar-refractivity contribution is 5.66. The van der Waals surface area contributed by atoms with Gasteiger partial charge in [0, 0.05) is 6.42 Å². The molecule has 1 aliphatic rings. The topological polar surface area (TPSA) is 68.0 Å². The molecule has 0 radical (unpaired) electrons. The molecule has 1 saturated carbocycles. The van der Waals surface area contributed by atoms with E-state index in [4.69, 9.17) is 5.11 Å². The fourth-order valence-electron chi connectivity index (χ4n) is 2.43. The third-order valence-electron chi connectivity index (χ3n) is 3.39. The first-order chi connectivity index (χ1) is 7.75. The molecular formula is C11H17N3O2. The Balaban J connectivity index is 1.76. The van der Waals surface area contributed by atoms with Gasteiger partial charge in [0.05, 0.1) is 6.04 Å². The summed E-state index contributed by atoms with van der Waals surface area (Å²) in [5.74, 6) is -0.103. The summed E-state index contributed by atoms with van der Waals surface area (Å²) < 4.78 is 1.92. The number of carboxylic acids is 1. The molecule has 1 aromatic rings.